The van der Waals surface area contributed by atoms with E-state index in [-0.39, 0.29) is 13.5 Å². The predicted molar refractivity (Wildman–Crippen MR) is 417 cm³/mol. The van der Waals surface area contributed by atoms with Crippen LogP contribution in [0.4, 0.5) is 0 Å². The average Bonchev–Trinajstić information content (AvgIpc) is 3.56. The third kappa shape index (κ3) is 107. The summed E-state index contributed by atoms with van der Waals surface area (Å²) in [6.45, 7) is 83.7. The smallest absolute Gasteiger partial charge is 0.0793 e. The Balaban J connectivity index is -0.000000135. The number of nitrogens with two attached hydrogens (primary N) is 1. The van der Waals surface area contributed by atoms with E-state index < -0.39 is 0 Å². The second-order valence-corrected chi connectivity index (χ2v) is 33.1. The predicted octanol–water partition coefficient (Wildman–Crippen LogP) is 22.1. The quantitative estimate of drug-likeness (QED) is 0.0593. The molecule has 4 saturated heterocycles. The lowest BCUT2D eigenvalue weighted by Crippen LogP contribution is -2.51. The van der Waals surface area contributed by atoms with Gasteiger partial charge in [-0.3, -0.25) is 4.90 Å². The third-order valence-corrected chi connectivity index (χ3v) is 14.8. The Morgan fingerprint density at radius 1 is 0.382 bits per heavy atom. The summed E-state index contributed by atoms with van der Waals surface area (Å²) in [6.07, 6.45) is 24.5. The topological polar surface area (TPSA) is 74.5 Å². The maximum atomic E-state index is 8.89. The Morgan fingerprint density at radius 2 is 0.685 bits per heavy atom. The van der Waals surface area contributed by atoms with E-state index in [0.717, 1.165) is 109 Å². The van der Waals surface area contributed by atoms with Gasteiger partial charge in [0.15, 0.2) is 0 Å². The number of aliphatic hydroxyl groups excluding tert-OH is 1. The number of nitrogens with one attached hydrogen (secondary N) is 1. The molecule has 4 heterocycles. The van der Waals surface area contributed by atoms with Crippen molar-refractivity contribution in [1.29, 1.82) is 0 Å². The van der Waals surface area contributed by atoms with Crippen molar-refractivity contribution in [1.82, 2.24) is 29.8 Å². The van der Waals surface area contributed by atoms with Crippen LogP contribution < -0.4 is 11.1 Å². The SMILES string of the molecule is C.CC(C)CCC(C)C.CC(C)CCCCN.CC(C)CN(C)C.CC(C)CN1CC(C)C1.CC(C)CN1CC(C)C1.CC(C)CN1CC(O)C1.CC(C)CN1CCC1.CCCC(C)C.CCCCC(C)C.CCCCCC(C)C.CNCCCCC(C)C. The molecule has 4 rings (SSSR count). The van der Waals surface area contributed by atoms with Crippen molar-refractivity contribution < 1.29 is 5.11 Å². The highest BCUT2D eigenvalue weighted by Gasteiger charge is 2.24. The van der Waals surface area contributed by atoms with Crippen LogP contribution in [0.1, 0.15) is 324 Å². The zero-order valence-electron chi connectivity index (χ0n) is 67.8. The van der Waals surface area contributed by atoms with Gasteiger partial charge in [0.05, 0.1) is 6.10 Å². The maximum Gasteiger partial charge on any atom is 0.0793 e. The van der Waals surface area contributed by atoms with Crippen molar-refractivity contribution in [2.45, 2.75) is 330 Å². The van der Waals surface area contributed by atoms with Crippen molar-refractivity contribution in [2.75, 3.05) is 119 Å². The van der Waals surface area contributed by atoms with Gasteiger partial charge in [0.2, 0.25) is 0 Å². The third-order valence-electron chi connectivity index (χ3n) is 14.8. The van der Waals surface area contributed by atoms with Gasteiger partial charge in [0, 0.05) is 65.4 Å². The molecule has 0 aromatic carbocycles. The molecule has 0 aromatic rings. The molecule has 4 aliphatic heterocycles. The van der Waals surface area contributed by atoms with Crippen molar-refractivity contribution in [3.8, 4) is 0 Å². The van der Waals surface area contributed by atoms with E-state index in [1.54, 1.807) is 0 Å². The summed E-state index contributed by atoms with van der Waals surface area (Å²) in [7, 11) is 6.20. The number of hydrogen-bond acceptors (Lipinski definition) is 8. The molecule has 0 saturated carbocycles. The molecule has 0 atom stereocenters. The van der Waals surface area contributed by atoms with Crippen LogP contribution in [0.25, 0.3) is 0 Å². The van der Waals surface area contributed by atoms with Crippen LogP contribution in [0.2, 0.25) is 0 Å². The number of unbranched alkanes of at least 4 members (excludes halogenated alkanes) is 5. The molecule has 4 fully saturated rings. The normalized spacial score (nSPS) is 15.1. The van der Waals surface area contributed by atoms with E-state index in [1.165, 1.54) is 188 Å². The molecule has 0 bridgehead atoms. The van der Waals surface area contributed by atoms with Gasteiger partial charge in [0.25, 0.3) is 0 Å². The van der Waals surface area contributed by atoms with E-state index in [0.29, 0.717) is 0 Å². The van der Waals surface area contributed by atoms with Gasteiger partial charge >= 0.3 is 0 Å². The van der Waals surface area contributed by atoms with Crippen molar-refractivity contribution in [3.63, 3.8) is 0 Å². The molecule has 0 amide bonds. The Labute approximate surface area is 569 Å². The Bertz CT molecular complexity index is 1140. The number of aliphatic hydroxyl groups is 1. The highest BCUT2D eigenvalue weighted by atomic mass is 16.3. The van der Waals surface area contributed by atoms with Crippen LogP contribution in [0, 0.1) is 82.9 Å². The zero-order chi connectivity index (χ0) is 69.6. The summed E-state index contributed by atoms with van der Waals surface area (Å²) in [5.74, 6) is 12.2. The largest absolute Gasteiger partial charge is 0.390 e. The van der Waals surface area contributed by atoms with Gasteiger partial charge in [-0.2, -0.15) is 0 Å². The molecule has 0 aliphatic carbocycles. The Hall–Kier alpha value is -0.320. The highest BCUT2D eigenvalue weighted by molar-refractivity contribution is 4.79. The van der Waals surface area contributed by atoms with E-state index in [9.17, 15) is 0 Å². The van der Waals surface area contributed by atoms with Gasteiger partial charge < -0.3 is 35.8 Å². The highest BCUT2D eigenvalue weighted by Crippen LogP contribution is 2.17. The van der Waals surface area contributed by atoms with Crippen LogP contribution in [0.15, 0.2) is 0 Å². The lowest BCUT2D eigenvalue weighted by molar-refractivity contribution is -0.00389. The minimum atomic E-state index is -0.0382. The minimum Gasteiger partial charge on any atom is -0.390 e. The second kappa shape index (κ2) is 75.1. The molecule has 4 N–H and O–H groups in total. The molecule has 0 radical (unpaired) electrons. The number of hydrogen-bond donors (Lipinski definition) is 3. The monoisotopic (exact) mass is 1270 g/mol. The van der Waals surface area contributed by atoms with Crippen LogP contribution in [0.3, 0.4) is 0 Å². The van der Waals surface area contributed by atoms with E-state index in [1.807, 2.05) is 7.05 Å². The minimum absolute atomic E-state index is 0. The summed E-state index contributed by atoms with van der Waals surface area (Å²) in [5, 5.41) is 12.0. The first kappa shape index (κ1) is 105. The lowest BCUT2D eigenvalue weighted by Gasteiger charge is -2.38. The number of nitrogens with zero attached hydrogens (tertiary/aromatic N) is 5. The van der Waals surface area contributed by atoms with Gasteiger partial charge in [0.1, 0.15) is 0 Å². The fourth-order valence-corrected chi connectivity index (χ4v) is 10.2. The molecule has 0 spiro atoms. The fraction of sp³-hybridized carbons (Fsp3) is 1.00. The summed E-state index contributed by atoms with van der Waals surface area (Å²) in [5.41, 5.74) is 5.31. The first-order valence-electron chi connectivity index (χ1n) is 38.5. The van der Waals surface area contributed by atoms with E-state index >= 15 is 0 Å². The van der Waals surface area contributed by atoms with E-state index in [2.05, 4.69) is 245 Å². The Morgan fingerprint density at radius 3 is 0.865 bits per heavy atom. The molecule has 550 valence electrons. The maximum absolute atomic E-state index is 8.89. The molecule has 0 unspecified atom stereocenters. The van der Waals surface area contributed by atoms with Crippen LogP contribution in [-0.4, -0.2) is 155 Å². The van der Waals surface area contributed by atoms with Crippen molar-refractivity contribution in [3.05, 3.63) is 0 Å². The standard InChI is InChI=1S/2C8H17N.C8H19N.2C8H18.C7H15NO.C7H15N.C7H17N.C7H16.C6H15N.C6H14.CH4/c2*1-7(2)4-9-5-8(3)6-9;1-8(2)6-4-5-7-9-3;1-7(2)5-6-8(3)4;1-4-5-6-7-8(2)3;1-6(2)3-8-4-7(9)5-8;1-7(2)6-8-4-3-5-8;1-7(2)5-3-4-6-8;1-4-5-6-7(2)3;1-6(2)5-7(3)4;1-4-5-6(2)3;/h2*7-8H,4-6H2,1-3H3;8-9H,4-7H2,1-3H3;7-8H,5-6H2,1-4H3;8H,4-7H2,1-3H3;6-7,9H,3-5H2,1-2H3;7H,3-6H2,1-2H3;7H,3-6,8H2,1-2H3;7H,4-6H2,1-3H3;6H,5H2,1-4H3;6H,4-5H2,1-3H3;1H4. The summed E-state index contributed by atoms with van der Waals surface area (Å²) >= 11 is 0. The molecule has 8 nitrogen and oxygen atoms in total. The van der Waals surface area contributed by atoms with Gasteiger partial charge in [-0.25, -0.2) is 0 Å². The fourth-order valence-electron chi connectivity index (χ4n) is 10.2. The van der Waals surface area contributed by atoms with Crippen molar-refractivity contribution in [2.24, 2.45) is 88.6 Å². The second-order valence-electron chi connectivity index (χ2n) is 33.1. The molecule has 4 aliphatic rings. The first-order valence-corrected chi connectivity index (χ1v) is 38.5. The number of β-amino-alcohol motifs (C(OH)–C–C–N with tert-alkyl or cyclic N) is 1. The Kier molecular flexibility index (Phi) is 88.3. The number of likely N-dealkylation sites (tertiary alicyclic amines) is 4. The lowest BCUT2D eigenvalue weighted by atomic mass is 10.0. The number of rotatable bonds is 31. The average molecular weight is 1270 g/mol. The molecular formula is C81H185N7O. The molecule has 8 heteroatoms. The molecular weight excluding hydrogens is 1090 g/mol. The first-order chi connectivity index (χ1) is 40.9. The van der Waals surface area contributed by atoms with Crippen molar-refractivity contribution >= 4 is 0 Å². The summed E-state index contributed by atoms with van der Waals surface area (Å²) < 4.78 is 0. The summed E-state index contributed by atoms with van der Waals surface area (Å²) in [4.78, 5) is 12.0. The molecule has 0 aromatic heterocycles. The van der Waals surface area contributed by atoms with Crippen LogP contribution >= 0.6 is 0 Å². The van der Waals surface area contributed by atoms with Gasteiger partial charge in [-0.1, -0.05) is 305 Å². The van der Waals surface area contributed by atoms with Gasteiger partial charge in [-0.05, 0) is 156 Å². The van der Waals surface area contributed by atoms with E-state index in [4.69, 9.17) is 10.8 Å². The summed E-state index contributed by atoms with van der Waals surface area (Å²) in [6, 6.07) is 0. The van der Waals surface area contributed by atoms with Gasteiger partial charge in [-0.15, -0.1) is 0 Å². The molecule has 89 heavy (non-hydrogen) atoms. The van der Waals surface area contributed by atoms with Crippen LogP contribution in [-0.2, 0) is 0 Å². The zero-order valence-corrected chi connectivity index (χ0v) is 67.8. The van der Waals surface area contributed by atoms with Crippen LogP contribution in [0.5, 0.6) is 0 Å².